The van der Waals surface area contributed by atoms with Gasteiger partial charge < -0.3 is 9.64 Å². The number of carbonyl (C=O) groups is 2. The van der Waals surface area contributed by atoms with Gasteiger partial charge in [-0.2, -0.15) is 13.2 Å². The number of amides is 1. The number of nitrogens with zero attached hydrogens (tertiary/aromatic N) is 1. The van der Waals surface area contributed by atoms with Crippen LogP contribution in [0.15, 0.2) is 42.5 Å². The molecule has 0 saturated carbocycles. The molecule has 0 spiro atoms. The average molecular weight is 494 g/mol. The Kier molecular flexibility index (Phi) is 8.94. The number of aryl methyl sites for hydroxylation is 1. The van der Waals surface area contributed by atoms with Gasteiger partial charge in [-0.3, -0.25) is 4.79 Å². The monoisotopic (exact) mass is 493 g/mol. The first-order valence-electron chi connectivity index (χ1n) is 11.6. The van der Waals surface area contributed by atoms with Gasteiger partial charge in [0.1, 0.15) is 4.88 Å². The number of esters is 1. The van der Waals surface area contributed by atoms with E-state index in [9.17, 15) is 22.8 Å². The minimum atomic E-state index is -4.35. The van der Waals surface area contributed by atoms with Gasteiger partial charge >= 0.3 is 12.1 Å². The number of allylic oxidation sites excluding steroid dienone is 1. The van der Waals surface area contributed by atoms with E-state index in [2.05, 4.69) is 0 Å². The van der Waals surface area contributed by atoms with Gasteiger partial charge in [-0.05, 0) is 75.8 Å². The first kappa shape index (κ1) is 26.0. The predicted octanol–water partition coefficient (Wildman–Crippen LogP) is 6.75. The van der Waals surface area contributed by atoms with Gasteiger partial charge in [-0.1, -0.05) is 24.3 Å². The number of rotatable bonds is 10. The standard InChI is InChI=1S/C26H30F3NO3S/c1-18(2)33-25(32)23-14-13-22(34-23)11-6-16-30-21(12-15-24(30)31)10-4-3-7-19-8-5-9-20(17-19)26(27,28)29/h3,5,7-9,13-14,17-18,21H,4,6,10-12,15-16H2,1-2H3/b7-3+/t21-/m0/s1. The van der Waals surface area contributed by atoms with Crippen molar-refractivity contribution in [2.45, 2.75) is 70.7 Å². The van der Waals surface area contributed by atoms with E-state index in [-0.39, 0.29) is 24.0 Å². The van der Waals surface area contributed by atoms with E-state index in [4.69, 9.17) is 4.74 Å². The molecule has 2 aromatic rings. The highest BCUT2D eigenvalue weighted by molar-refractivity contribution is 7.13. The normalized spacial score (nSPS) is 16.7. The minimum Gasteiger partial charge on any atom is -0.459 e. The van der Waals surface area contributed by atoms with Gasteiger partial charge in [0.15, 0.2) is 0 Å². The predicted molar refractivity (Wildman–Crippen MR) is 128 cm³/mol. The molecular weight excluding hydrogens is 463 g/mol. The summed E-state index contributed by atoms with van der Waals surface area (Å²) in [5.41, 5.74) is -0.140. The average Bonchev–Trinajstić information content (AvgIpc) is 3.38. The van der Waals surface area contributed by atoms with Crippen molar-refractivity contribution in [3.63, 3.8) is 0 Å². The highest BCUT2D eigenvalue weighted by atomic mass is 32.1. The molecule has 0 unspecified atom stereocenters. The summed E-state index contributed by atoms with van der Waals surface area (Å²) < 4.78 is 43.8. The summed E-state index contributed by atoms with van der Waals surface area (Å²) in [6, 6.07) is 9.13. The molecule has 34 heavy (non-hydrogen) atoms. The molecule has 0 radical (unpaired) electrons. The van der Waals surface area contributed by atoms with Crippen molar-refractivity contribution in [1.82, 2.24) is 4.90 Å². The molecule has 0 N–H and O–H groups in total. The number of thiophene rings is 1. The highest BCUT2D eigenvalue weighted by Gasteiger charge is 2.31. The van der Waals surface area contributed by atoms with Gasteiger partial charge in [0.05, 0.1) is 11.7 Å². The second-order valence-corrected chi connectivity index (χ2v) is 9.87. The van der Waals surface area contributed by atoms with E-state index in [1.807, 2.05) is 30.9 Å². The molecule has 1 atom stereocenters. The number of halogens is 3. The topological polar surface area (TPSA) is 46.6 Å². The third-order valence-corrected chi connectivity index (χ3v) is 6.80. The number of hydrogen-bond acceptors (Lipinski definition) is 4. The molecule has 0 aliphatic carbocycles. The molecule has 1 aromatic carbocycles. The number of alkyl halides is 3. The van der Waals surface area contributed by atoms with E-state index < -0.39 is 11.7 Å². The zero-order chi connectivity index (χ0) is 24.7. The van der Waals surface area contributed by atoms with Gasteiger partial charge in [-0.25, -0.2) is 4.79 Å². The fraction of sp³-hybridized carbons (Fsp3) is 0.462. The van der Waals surface area contributed by atoms with Crippen molar-refractivity contribution in [2.75, 3.05) is 6.54 Å². The highest BCUT2D eigenvalue weighted by Crippen LogP contribution is 2.30. The SMILES string of the molecule is CC(C)OC(=O)c1ccc(CCCN2C(=O)CC[C@@H]2CC/C=C/c2cccc(C(F)(F)F)c2)s1. The first-order chi connectivity index (χ1) is 16.1. The van der Waals surface area contributed by atoms with E-state index >= 15 is 0 Å². The van der Waals surface area contributed by atoms with E-state index in [1.54, 1.807) is 18.2 Å². The van der Waals surface area contributed by atoms with Crippen LogP contribution in [0.2, 0.25) is 0 Å². The quantitative estimate of drug-likeness (QED) is 0.344. The van der Waals surface area contributed by atoms with Crippen molar-refractivity contribution >= 4 is 29.3 Å². The van der Waals surface area contributed by atoms with E-state index in [0.29, 0.717) is 29.8 Å². The summed E-state index contributed by atoms with van der Waals surface area (Å²) in [5, 5.41) is 0. The van der Waals surface area contributed by atoms with Gasteiger partial charge in [0.25, 0.3) is 0 Å². The van der Waals surface area contributed by atoms with Crippen LogP contribution >= 0.6 is 11.3 Å². The van der Waals surface area contributed by atoms with Crippen molar-refractivity contribution in [1.29, 1.82) is 0 Å². The van der Waals surface area contributed by atoms with Crippen LogP contribution in [0.5, 0.6) is 0 Å². The Hall–Kier alpha value is -2.61. The Bertz CT molecular complexity index is 1010. The van der Waals surface area contributed by atoms with Crippen LogP contribution in [-0.2, 0) is 22.1 Å². The second kappa shape index (κ2) is 11.7. The number of likely N-dealkylation sites (tertiary alicyclic amines) is 1. The molecule has 3 rings (SSSR count). The van der Waals surface area contributed by atoms with Crippen LogP contribution in [0, 0.1) is 0 Å². The molecule has 8 heteroatoms. The van der Waals surface area contributed by atoms with Crippen LogP contribution in [-0.4, -0.2) is 35.5 Å². The zero-order valence-corrected chi connectivity index (χ0v) is 20.3. The zero-order valence-electron chi connectivity index (χ0n) is 19.4. The van der Waals surface area contributed by atoms with E-state index in [0.717, 1.165) is 42.7 Å². The Morgan fingerprint density at radius 2 is 2.06 bits per heavy atom. The third-order valence-electron chi connectivity index (χ3n) is 5.67. The fourth-order valence-corrected chi connectivity index (χ4v) is 4.98. The third kappa shape index (κ3) is 7.45. The van der Waals surface area contributed by atoms with Crippen LogP contribution in [0.4, 0.5) is 13.2 Å². The molecule has 1 saturated heterocycles. The summed E-state index contributed by atoms with van der Waals surface area (Å²) in [6.45, 7) is 4.29. The maximum atomic E-state index is 12.9. The van der Waals surface area contributed by atoms with Gasteiger partial charge in [0, 0.05) is 23.9 Å². The molecular formula is C26H30F3NO3S. The largest absolute Gasteiger partial charge is 0.459 e. The Labute approximate surface area is 202 Å². The van der Waals surface area contributed by atoms with Crippen LogP contribution < -0.4 is 0 Å². The number of benzene rings is 1. The number of hydrogen-bond donors (Lipinski definition) is 0. The van der Waals surface area contributed by atoms with Crippen LogP contribution in [0.3, 0.4) is 0 Å². The lowest BCUT2D eigenvalue weighted by atomic mass is 10.1. The Balaban J connectivity index is 1.46. The molecule has 1 fully saturated rings. The smallest absolute Gasteiger partial charge is 0.416 e. The summed E-state index contributed by atoms with van der Waals surface area (Å²) in [4.78, 5) is 28.0. The molecule has 1 aliphatic heterocycles. The maximum absolute atomic E-state index is 12.9. The summed E-state index contributed by atoms with van der Waals surface area (Å²) in [6.07, 6.45) is 3.48. The Morgan fingerprint density at radius 1 is 1.26 bits per heavy atom. The van der Waals surface area contributed by atoms with Crippen molar-refractivity contribution < 1.29 is 27.5 Å². The number of carbonyl (C=O) groups excluding carboxylic acids is 2. The summed E-state index contributed by atoms with van der Waals surface area (Å²) in [5.74, 6) is -0.154. The summed E-state index contributed by atoms with van der Waals surface area (Å²) >= 11 is 1.43. The second-order valence-electron chi connectivity index (χ2n) is 8.71. The maximum Gasteiger partial charge on any atom is 0.416 e. The van der Waals surface area contributed by atoms with Crippen molar-refractivity contribution in [3.8, 4) is 0 Å². The molecule has 1 amide bonds. The fourth-order valence-electron chi connectivity index (χ4n) is 4.05. The minimum absolute atomic E-state index is 0.151. The van der Waals surface area contributed by atoms with E-state index in [1.165, 1.54) is 17.4 Å². The molecule has 1 aliphatic rings. The lowest BCUT2D eigenvalue weighted by Crippen LogP contribution is -2.34. The van der Waals surface area contributed by atoms with Gasteiger partial charge in [0.2, 0.25) is 5.91 Å². The molecule has 4 nitrogen and oxygen atoms in total. The lowest BCUT2D eigenvalue weighted by Gasteiger charge is -2.24. The number of ether oxygens (including phenoxy) is 1. The summed E-state index contributed by atoms with van der Waals surface area (Å²) in [7, 11) is 0. The van der Waals surface area contributed by atoms with Crippen LogP contribution in [0.1, 0.15) is 71.6 Å². The molecule has 1 aromatic heterocycles. The lowest BCUT2D eigenvalue weighted by molar-refractivity contribution is -0.137. The molecule has 184 valence electrons. The Morgan fingerprint density at radius 3 is 2.79 bits per heavy atom. The van der Waals surface area contributed by atoms with Crippen molar-refractivity contribution in [2.24, 2.45) is 0 Å². The molecule has 2 heterocycles. The van der Waals surface area contributed by atoms with Crippen molar-refractivity contribution in [3.05, 3.63) is 63.4 Å². The molecule has 0 bridgehead atoms. The first-order valence-corrected chi connectivity index (χ1v) is 12.4. The van der Waals surface area contributed by atoms with Gasteiger partial charge in [-0.15, -0.1) is 11.3 Å². The van der Waals surface area contributed by atoms with Crippen LogP contribution in [0.25, 0.3) is 6.08 Å².